The molecule has 8 heteroatoms. The lowest BCUT2D eigenvalue weighted by Gasteiger charge is -2.05. The number of benzene rings is 1. The van der Waals surface area contributed by atoms with E-state index in [9.17, 15) is 19.7 Å². The normalized spacial score (nSPS) is 10.6. The number of nitrogens with zero attached hydrogens (tertiary/aromatic N) is 2. The number of hydrogen-bond donors (Lipinski definition) is 0. The first-order valence-electron chi connectivity index (χ1n) is 5.41. The van der Waals surface area contributed by atoms with Gasteiger partial charge in [0.15, 0.2) is 0 Å². The first kappa shape index (κ1) is 12.8. The van der Waals surface area contributed by atoms with E-state index in [0.717, 1.165) is 4.57 Å². The van der Waals surface area contributed by atoms with Gasteiger partial charge in [-0.15, -0.1) is 10.1 Å². The summed E-state index contributed by atoms with van der Waals surface area (Å²) in [7, 11) is 0. The van der Waals surface area contributed by atoms with E-state index >= 15 is 0 Å². The first-order chi connectivity index (χ1) is 9.00. The second-order valence-electron chi connectivity index (χ2n) is 3.83. The van der Waals surface area contributed by atoms with Gasteiger partial charge in [-0.2, -0.15) is 0 Å². The van der Waals surface area contributed by atoms with Gasteiger partial charge >= 0.3 is 5.76 Å². The largest absolute Gasteiger partial charge is 0.422 e. The molecule has 0 aliphatic carbocycles. The Bertz CT molecular complexity index is 745. The lowest BCUT2D eigenvalue weighted by atomic mass is 10.1. The van der Waals surface area contributed by atoms with Crippen LogP contribution in [-0.2, 0) is 11.4 Å². The van der Waals surface area contributed by atoms with Gasteiger partial charge in [0, 0.05) is 0 Å². The van der Waals surface area contributed by atoms with E-state index in [1.165, 1.54) is 6.07 Å². The molecule has 0 fully saturated rings. The van der Waals surface area contributed by atoms with Crippen LogP contribution in [0.2, 0.25) is 0 Å². The molecule has 0 aliphatic heterocycles. The zero-order chi connectivity index (χ0) is 14.0. The minimum atomic E-state index is -0.987. The quantitative estimate of drug-likeness (QED) is 0.588. The predicted molar refractivity (Wildman–Crippen MR) is 64.4 cm³/mol. The second-order valence-corrected chi connectivity index (χ2v) is 3.83. The van der Waals surface area contributed by atoms with Gasteiger partial charge in [0.2, 0.25) is 0 Å². The van der Waals surface area contributed by atoms with Crippen LogP contribution in [0.5, 0.6) is 0 Å². The SMILES string of the molecule is Cc1cccc2oc(=O)n(CCO[N+](=O)[O-])c(=O)c12. The van der Waals surface area contributed by atoms with Crippen molar-refractivity contribution in [1.29, 1.82) is 0 Å². The van der Waals surface area contributed by atoms with E-state index in [2.05, 4.69) is 4.84 Å². The molecule has 0 amide bonds. The van der Waals surface area contributed by atoms with Crippen LogP contribution in [0, 0.1) is 17.0 Å². The van der Waals surface area contributed by atoms with E-state index in [1.54, 1.807) is 19.1 Å². The van der Waals surface area contributed by atoms with Crippen molar-refractivity contribution in [3.63, 3.8) is 0 Å². The fourth-order valence-corrected chi connectivity index (χ4v) is 1.77. The van der Waals surface area contributed by atoms with E-state index in [1.807, 2.05) is 0 Å². The highest BCUT2D eigenvalue weighted by Gasteiger charge is 2.11. The molecule has 0 N–H and O–H groups in total. The molecule has 2 aromatic rings. The summed E-state index contributed by atoms with van der Waals surface area (Å²) >= 11 is 0. The maximum Gasteiger partial charge on any atom is 0.422 e. The van der Waals surface area contributed by atoms with Crippen molar-refractivity contribution < 1.29 is 14.3 Å². The Morgan fingerprint density at radius 3 is 2.84 bits per heavy atom. The van der Waals surface area contributed by atoms with Gasteiger partial charge in [-0.25, -0.2) is 9.36 Å². The highest BCUT2D eigenvalue weighted by Crippen LogP contribution is 2.11. The number of rotatable bonds is 4. The molecule has 100 valence electrons. The summed E-state index contributed by atoms with van der Waals surface area (Å²) in [6, 6.07) is 4.89. The smallest absolute Gasteiger partial charge is 0.409 e. The summed E-state index contributed by atoms with van der Waals surface area (Å²) in [6.45, 7) is 1.07. The molecule has 1 heterocycles. The number of hydrogen-bond acceptors (Lipinski definition) is 6. The van der Waals surface area contributed by atoms with E-state index in [-0.39, 0.29) is 17.5 Å². The lowest BCUT2D eigenvalue weighted by molar-refractivity contribution is -0.758. The zero-order valence-corrected chi connectivity index (χ0v) is 9.99. The first-order valence-corrected chi connectivity index (χ1v) is 5.41. The summed E-state index contributed by atoms with van der Waals surface area (Å²) in [4.78, 5) is 37.8. The van der Waals surface area contributed by atoms with Gasteiger partial charge in [0.1, 0.15) is 12.2 Å². The van der Waals surface area contributed by atoms with Crippen molar-refractivity contribution in [3.05, 3.63) is 54.8 Å². The van der Waals surface area contributed by atoms with Crippen LogP contribution in [0.4, 0.5) is 0 Å². The second kappa shape index (κ2) is 4.92. The fourth-order valence-electron chi connectivity index (χ4n) is 1.77. The van der Waals surface area contributed by atoms with Crippen LogP contribution in [0.15, 0.2) is 32.2 Å². The Morgan fingerprint density at radius 2 is 2.16 bits per heavy atom. The molecule has 0 saturated heterocycles. The van der Waals surface area contributed by atoms with Crippen LogP contribution in [0.25, 0.3) is 11.0 Å². The minimum absolute atomic E-state index is 0.196. The Balaban J connectivity index is 2.50. The third-order valence-corrected chi connectivity index (χ3v) is 2.62. The summed E-state index contributed by atoms with van der Waals surface area (Å²) < 4.78 is 5.77. The van der Waals surface area contributed by atoms with Crippen LogP contribution in [0.3, 0.4) is 0 Å². The third kappa shape index (κ3) is 2.46. The van der Waals surface area contributed by atoms with Crippen molar-refractivity contribution in [1.82, 2.24) is 4.57 Å². The molecule has 19 heavy (non-hydrogen) atoms. The highest BCUT2D eigenvalue weighted by atomic mass is 16.9. The molecular weight excluding hydrogens is 256 g/mol. The molecule has 0 saturated carbocycles. The molecule has 0 radical (unpaired) electrons. The van der Waals surface area contributed by atoms with E-state index in [0.29, 0.717) is 5.56 Å². The molecule has 0 spiro atoms. The Hall–Kier alpha value is -2.64. The molecule has 8 nitrogen and oxygen atoms in total. The number of aromatic nitrogens is 1. The van der Waals surface area contributed by atoms with Gasteiger partial charge in [-0.05, 0) is 18.6 Å². The fraction of sp³-hybridized carbons (Fsp3) is 0.273. The van der Waals surface area contributed by atoms with Crippen molar-refractivity contribution in [2.45, 2.75) is 13.5 Å². The maximum absolute atomic E-state index is 12.1. The Labute approximate surface area is 105 Å². The maximum atomic E-state index is 12.1. The van der Waals surface area contributed by atoms with Gasteiger partial charge in [-0.1, -0.05) is 12.1 Å². The monoisotopic (exact) mass is 266 g/mol. The van der Waals surface area contributed by atoms with Gasteiger partial charge in [-0.3, -0.25) is 4.79 Å². The zero-order valence-electron chi connectivity index (χ0n) is 9.99. The lowest BCUT2D eigenvalue weighted by Crippen LogP contribution is -2.34. The molecule has 0 bridgehead atoms. The predicted octanol–water partition coefficient (Wildman–Crippen LogP) is 0.471. The van der Waals surface area contributed by atoms with Gasteiger partial charge in [0.05, 0.1) is 11.9 Å². The highest BCUT2D eigenvalue weighted by molar-refractivity contribution is 5.78. The standard InChI is InChI=1S/C11H10N2O6/c1-7-3-2-4-8-9(7)10(14)12(11(15)19-8)5-6-18-13(16)17/h2-4H,5-6H2,1H3. The van der Waals surface area contributed by atoms with Crippen LogP contribution in [0.1, 0.15) is 5.56 Å². The molecular formula is C11H10N2O6. The molecule has 0 aliphatic rings. The molecule has 1 aromatic heterocycles. The molecule has 0 unspecified atom stereocenters. The van der Waals surface area contributed by atoms with Crippen LogP contribution in [-0.4, -0.2) is 16.3 Å². The summed E-state index contributed by atoms with van der Waals surface area (Å²) in [5, 5.41) is 9.31. The average Bonchev–Trinajstić information content (AvgIpc) is 2.32. The summed E-state index contributed by atoms with van der Waals surface area (Å²) in [5.74, 6) is -0.866. The number of aryl methyl sites for hydroxylation is 1. The van der Waals surface area contributed by atoms with Crippen LogP contribution >= 0.6 is 0 Å². The van der Waals surface area contributed by atoms with Crippen LogP contribution < -0.4 is 11.3 Å². The van der Waals surface area contributed by atoms with Gasteiger partial charge < -0.3 is 9.25 Å². The molecule has 1 aromatic carbocycles. The third-order valence-electron chi connectivity index (χ3n) is 2.62. The Kier molecular flexibility index (Phi) is 3.32. The average molecular weight is 266 g/mol. The topological polar surface area (TPSA) is 105 Å². The number of fused-ring (bicyclic) bond motifs is 1. The van der Waals surface area contributed by atoms with Crippen molar-refractivity contribution in [2.75, 3.05) is 6.61 Å². The molecule has 2 rings (SSSR count). The van der Waals surface area contributed by atoms with E-state index in [4.69, 9.17) is 4.42 Å². The van der Waals surface area contributed by atoms with Crippen molar-refractivity contribution in [2.24, 2.45) is 0 Å². The van der Waals surface area contributed by atoms with E-state index < -0.39 is 23.0 Å². The van der Waals surface area contributed by atoms with Gasteiger partial charge in [0.25, 0.3) is 10.6 Å². The summed E-state index contributed by atoms with van der Waals surface area (Å²) in [5.41, 5.74) is 0.313. The summed E-state index contributed by atoms with van der Waals surface area (Å²) in [6.07, 6.45) is 0. The Morgan fingerprint density at radius 1 is 1.42 bits per heavy atom. The minimum Gasteiger partial charge on any atom is -0.409 e. The molecule has 0 atom stereocenters. The van der Waals surface area contributed by atoms with Crippen molar-refractivity contribution >= 4 is 11.0 Å². The van der Waals surface area contributed by atoms with Crippen molar-refractivity contribution in [3.8, 4) is 0 Å².